The molecule has 7 nitrogen and oxygen atoms in total. The average Bonchev–Trinajstić information content (AvgIpc) is 3.24. The third-order valence-electron chi connectivity index (χ3n) is 5.79. The molecule has 5 N–H and O–H groups in total. The molecule has 32 heavy (non-hydrogen) atoms. The van der Waals surface area contributed by atoms with Crippen molar-refractivity contribution in [3.05, 3.63) is 77.1 Å². The Morgan fingerprint density at radius 1 is 1.16 bits per heavy atom. The summed E-state index contributed by atoms with van der Waals surface area (Å²) >= 11 is 0. The van der Waals surface area contributed by atoms with Gasteiger partial charge in [-0.3, -0.25) is 4.79 Å². The SMILES string of the molecule is Nc1ncc(-c2cccc(CN[C@H]3CCc4ccccc43)c2)nc1C(=O)NCCCCO. The Balaban J connectivity index is 1.44. The van der Waals surface area contributed by atoms with Gasteiger partial charge in [0.25, 0.3) is 5.91 Å². The molecule has 1 aliphatic carbocycles. The highest BCUT2D eigenvalue weighted by molar-refractivity contribution is 5.96. The second-order valence-electron chi connectivity index (χ2n) is 8.05. The number of hydrogen-bond acceptors (Lipinski definition) is 6. The van der Waals surface area contributed by atoms with E-state index in [9.17, 15) is 4.79 Å². The molecule has 0 saturated carbocycles. The average molecular weight is 432 g/mol. The first-order valence-electron chi connectivity index (χ1n) is 11.1. The molecule has 3 aromatic rings. The molecule has 1 aromatic heterocycles. The molecule has 7 heteroatoms. The van der Waals surface area contributed by atoms with E-state index >= 15 is 0 Å². The molecule has 1 atom stereocenters. The molecule has 0 aliphatic heterocycles. The first kappa shape index (κ1) is 21.9. The quantitative estimate of drug-likeness (QED) is 0.388. The Morgan fingerprint density at radius 2 is 2.03 bits per heavy atom. The number of anilines is 1. The highest BCUT2D eigenvalue weighted by Gasteiger charge is 2.21. The molecule has 0 saturated heterocycles. The maximum absolute atomic E-state index is 12.5. The molecule has 0 bridgehead atoms. The maximum atomic E-state index is 12.5. The van der Waals surface area contributed by atoms with Crippen LogP contribution < -0.4 is 16.4 Å². The van der Waals surface area contributed by atoms with Gasteiger partial charge in [-0.05, 0) is 48.4 Å². The standard InChI is InChI=1S/C25H29N5O2/c26-24-23(25(32)27-12-3-4-13-31)30-22(16-29-24)19-8-5-6-17(14-19)15-28-21-11-10-18-7-1-2-9-20(18)21/h1-2,5-9,14,16,21,28,31H,3-4,10-13,15H2,(H2,26,29)(H,27,32)/t21-/m0/s1. The third kappa shape index (κ3) is 5.12. The van der Waals surface area contributed by atoms with Gasteiger partial charge in [0, 0.05) is 31.3 Å². The Bertz CT molecular complexity index is 1090. The summed E-state index contributed by atoms with van der Waals surface area (Å²) in [5, 5.41) is 15.3. The lowest BCUT2D eigenvalue weighted by atomic mass is 10.1. The van der Waals surface area contributed by atoms with E-state index in [4.69, 9.17) is 10.8 Å². The molecule has 0 radical (unpaired) electrons. The van der Waals surface area contributed by atoms with E-state index in [0.29, 0.717) is 31.1 Å². The second-order valence-corrected chi connectivity index (χ2v) is 8.05. The smallest absolute Gasteiger partial charge is 0.273 e. The van der Waals surface area contributed by atoms with Crippen LogP contribution in [0.1, 0.15) is 52.5 Å². The van der Waals surface area contributed by atoms with Gasteiger partial charge in [0.2, 0.25) is 0 Å². The molecular weight excluding hydrogens is 402 g/mol. The van der Waals surface area contributed by atoms with Crippen molar-refractivity contribution >= 4 is 11.7 Å². The first-order chi connectivity index (χ1) is 15.7. The van der Waals surface area contributed by atoms with Crippen molar-refractivity contribution in [1.82, 2.24) is 20.6 Å². The summed E-state index contributed by atoms with van der Waals surface area (Å²) < 4.78 is 0. The van der Waals surface area contributed by atoms with Gasteiger partial charge in [0.05, 0.1) is 11.9 Å². The number of aliphatic hydroxyl groups is 1. The molecule has 1 amide bonds. The Hall–Kier alpha value is -3.29. The molecule has 4 rings (SSSR count). The summed E-state index contributed by atoms with van der Waals surface area (Å²) in [4.78, 5) is 21.1. The summed E-state index contributed by atoms with van der Waals surface area (Å²) in [5.41, 5.74) is 11.5. The lowest BCUT2D eigenvalue weighted by Gasteiger charge is -2.15. The molecule has 2 aromatic carbocycles. The number of benzene rings is 2. The van der Waals surface area contributed by atoms with Crippen molar-refractivity contribution in [2.75, 3.05) is 18.9 Å². The largest absolute Gasteiger partial charge is 0.396 e. The van der Waals surface area contributed by atoms with Gasteiger partial charge in [-0.1, -0.05) is 42.5 Å². The predicted octanol–water partition coefficient (Wildman–Crippen LogP) is 3.01. The number of aliphatic hydroxyl groups excluding tert-OH is 1. The normalized spacial score (nSPS) is 14.8. The number of nitrogens with zero attached hydrogens (tertiary/aromatic N) is 2. The molecule has 166 valence electrons. The van der Waals surface area contributed by atoms with Gasteiger partial charge < -0.3 is 21.5 Å². The highest BCUT2D eigenvalue weighted by atomic mass is 16.3. The van der Waals surface area contributed by atoms with E-state index in [1.165, 1.54) is 11.1 Å². The van der Waals surface area contributed by atoms with Crippen molar-refractivity contribution in [3.63, 3.8) is 0 Å². The number of nitrogen functional groups attached to an aromatic ring is 1. The van der Waals surface area contributed by atoms with E-state index in [2.05, 4.69) is 57.0 Å². The topological polar surface area (TPSA) is 113 Å². The summed E-state index contributed by atoms with van der Waals surface area (Å²) in [7, 11) is 0. The van der Waals surface area contributed by atoms with Crippen LogP contribution in [0.4, 0.5) is 5.82 Å². The number of fused-ring (bicyclic) bond motifs is 1. The van der Waals surface area contributed by atoms with E-state index < -0.39 is 0 Å². The fraction of sp³-hybridized carbons (Fsp3) is 0.320. The Labute approximate surface area is 188 Å². The van der Waals surface area contributed by atoms with Gasteiger partial charge in [-0.15, -0.1) is 0 Å². The number of nitrogens with one attached hydrogen (secondary N) is 2. The second kappa shape index (κ2) is 10.3. The fourth-order valence-electron chi connectivity index (χ4n) is 4.08. The van der Waals surface area contributed by atoms with Crippen LogP contribution in [0.2, 0.25) is 0 Å². The van der Waals surface area contributed by atoms with Crippen molar-refractivity contribution in [2.24, 2.45) is 0 Å². The number of nitrogens with two attached hydrogens (primary N) is 1. The molecule has 0 unspecified atom stereocenters. The maximum Gasteiger partial charge on any atom is 0.273 e. The van der Waals surface area contributed by atoms with Crippen LogP contribution in [0.5, 0.6) is 0 Å². The number of carbonyl (C=O) groups is 1. The van der Waals surface area contributed by atoms with Crippen LogP contribution in [0.25, 0.3) is 11.3 Å². The number of aromatic nitrogens is 2. The summed E-state index contributed by atoms with van der Waals surface area (Å²) in [6.07, 6.45) is 5.14. The molecule has 1 aliphatic rings. The van der Waals surface area contributed by atoms with Gasteiger partial charge in [0.15, 0.2) is 11.5 Å². The zero-order chi connectivity index (χ0) is 22.3. The van der Waals surface area contributed by atoms with Gasteiger partial charge in [-0.2, -0.15) is 0 Å². The number of amides is 1. The van der Waals surface area contributed by atoms with Crippen molar-refractivity contribution < 1.29 is 9.90 Å². The van der Waals surface area contributed by atoms with Gasteiger partial charge in [0.1, 0.15) is 0 Å². The summed E-state index contributed by atoms with van der Waals surface area (Å²) in [5.74, 6) is -0.251. The van der Waals surface area contributed by atoms with Crippen LogP contribution in [0, 0.1) is 0 Å². The van der Waals surface area contributed by atoms with E-state index in [1.54, 1.807) is 6.20 Å². The fourth-order valence-corrected chi connectivity index (χ4v) is 4.08. The zero-order valence-corrected chi connectivity index (χ0v) is 18.1. The van der Waals surface area contributed by atoms with Crippen LogP contribution in [0.3, 0.4) is 0 Å². The number of unbranched alkanes of at least 4 members (excludes halogenated alkanes) is 1. The van der Waals surface area contributed by atoms with Crippen molar-refractivity contribution in [2.45, 2.75) is 38.3 Å². The first-order valence-corrected chi connectivity index (χ1v) is 11.1. The van der Waals surface area contributed by atoms with Gasteiger partial charge in [-0.25, -0.2) is 9.97 Å². The minimum Gasteiger partial charge on any atom is -0.396 e. The van der Waals surface area contributed by atoms with E-state index in [1.807, 2.05) is 12.1 Å². The molecule has 1 heterocycles. The third-order valence-corrected chi connectivity index (χ3v) is 5.79. The molecule has 0 fully saturated rings. The van der Waals surface area contributed by atoms with E-state index in [-0.39, 0.29) is 24.0 Å². The minimum absolute atomic E-state index is 0.103. The summed E-state index contributed by atoms with van der Waals surface area (Å²) in [6, 6.07) is 17.1. The lowest BCUT2D eigenvalue weighted by Crippen LogP contribution is -2.27. The zero-order valence-electron chi connectivity index (χ0n) is 18.1. The van der Waals surface area contributed by atoms with Crippen LogP contribution in [-0.4, -0.2) is 34.1 Å². The predicted molar refractivity (Wildman–Crippen MR) is 125 cm³/mol. The number of aryl methyl sites for hydroxylation is 1. The van der Waals surface area contributed by atoms with Crippen molar-refractivity contribution in [1.29, 1.82) is 0 Å². The van der Waals surface area contributed by atoms with Crippen molar-refractivity contribution in [3.8, 4) is 11.3 Å². The van der Waals surface area contributed by atoms with E-state index in [0.717, 1.165) is 30.5 Å². The monoisotopic (exact) mass is 431 g/mol. The number of hydrogen-bond donors (Lipinski definition) is 4. The Kier molecular flexibility index (Phi) is 7.09. The Morgan fingerprint density at radius 3 is 2.91 bits per heavy atom. The van der Waals surface area contributed by atoms with Crippen LogP contribution in [0.15, 0.2) is 54.7 Å². The lowest BCUT2D eigenvalue weighted by molar-refractivity contribution is 0.0948. The molecular formula is C25H29N5O2. The molecule has 0 spiro atoms. The summed E-state index contributed by atoms with van der Waals surface area (Å²) in [6.45, 7) is 1.30. The van der Waals surface area contributed by atoms with Crippen LogP contribution in [-0.2, 0) is 13.0 Å². The van der Waals surface area contributed by atoms with Crippen LogP contribution >= 0.6 is 0 Å². The van der Waals surface area contributed by atoms with Gasteiger partial charge >= 0.3 is 0 Å². The minimum atomic E-state index is -0.354. The highest BCUT2D eigenvalue weighted by Crippen LogP contribution is 2.31. The number of rotatable bonds is 9. The number of carbonyl (C=O) groups excluding carboxylic acids is 1.